The zero-order valence-electron chi connectivity index (χ0n) is 18.0. The average Bonchev–Trinajstić information content (AvgIpc) is 3.32. The molecule has 32 heavy (non-hydrogen) atoms. The van der Waals surface area contributed by atoms with Crippen molar-refractivity contribution >= 4 is 34.5 Å². The van der Waals surface area contributed by atoms with Crippen LogP contribution in [-0.2, 0) is 36.1 Å². The minimum atomic E-state index is -1.16. The first-order valence-electron chi connectivity index (χ1n) is 10.8. The van der Waals surface area contributed by atoms with Crippen LogP contribution in [0.3, 0.4) is 0 Å². The Labute approximate surface area is 190 Å². The van der Waals surface area contributed by atoms with Crippen LogP contribution in [0.25, 0.3) is 11.0 Å². The topological polar surface area (TPSA) is 79.6 Å². The average molecular weight is 451 g/mol. The maximum atomic E-state index is 13.4. The summed E-state index contributed by atoms with van der Waals surface area (Å²) in [5, 5.41) is 4.02. The van der Waals surface area contributed by atoms with Crippen LogP contribution >= 0.6 is 11.6 Å². The summed E-state index contributed by atoms with van der Waals surface area (Å²) in [6.07, 6.45) is 3.82. The first kappa shape index (κ1) is 20.8. The van der Waals surface area contributed by atoms with Crippen molar-refractivity contribution in [2.24, 2.45) is 0 Å². The van der Waals surface area contributed by atoms with E-state index in [4.69, 9.17) is 16.0 Å². The Bertz CT molecular complexity index is 1350. The quantitative estimate of drug-likeness (QED) is 0.470. The number of hydrogen-bond acceptors (Lipinski definition) is 4. The van der Waals surface area contributed by atoms with Gasteiger partial charge in [-0.2, -0.15) is 0 Å². The van der Waals surface area contributed by atoms with E-state index in [1.807, 2.05) is 25.1 Å². The first-order chi connectivity index (χ1) is 15.3. The van der Waals surface area contributed by atoms with Gasteiger partial charge in [0.05, 0.1) is 6.54 Å². The smallest absolute Gasteiger partial charge is 0.336 e. The normalized spacial score (nSPS) is 20.2. The Balaban J connectivity index is 1.52. The van der Waals surface area contributed by atoms with Crippen molar-refractivity contribution in [3.63, 3.8) is 0 Å². The number of hydrogen-bond donors (Lipinski definition) is 1. The number of amides is 3. The molecule has 1 atom stereocenters. The van der Waals surface area contributed by atoms with Gasteiger partial charge in [0.2, 0.25) is 0 Å². The van der Waals surface area contributed by atoms with Gasteiger partial charge in [0.25, 0.3) is 5.91 Å². The van der Waals surface area contributed by atoms with Gasteiger partial charge in [-0.25, -0.2) is 9.59 Å². The molecule has 1 saturated heterocycles. The largest absolute Gasteiger partial charge is 0.423 e. The van der Waals surface area contributed by atoms with Crippen molar-refractivity contribution in [1.82, 2.24) is 10.2 Å². The minimum Gasteiger partial charge on any atom is -0.423 e. The van der Waals surface area contributed by atoms with Crippen molar-refractivity contribution in [2.75, 3.05) is 0 Å². The van der Waals surface area contributed by atoms with Crippen LogP contribution in [0, 0.1) is 0 Å². The predicted molar refractivity (Wildman–Crippen MR) is 122 cm³/mol. The lowest BCUT2D eigenvalue weighted by Gasteiger charge is -2.23. The lowest BCUT2D eigenvalue weighted by Crippen LogP contribution is -2.41. The predicted octanol–water partition coefficient (Wildman–Crippen LogP) is 4.46. The van der Waals surface area contributed by atoms with E-state index in [2.05, 4.69) is 5.32 Å². The zero-order valence-corrected chi connectivity index (χ0v) is 18.7. The fourth-order valence-electron chi connectivity index (χ4n) is 4.78. The van der Waals surface area contributed by atoms with Crippen LogP contribution in [0.1, 0.15) is 48.1 Å². The summed E-state index contributed by atoms with van der Waals surface area (Å²) in [7, 11) is 0. The van der Waals surface area contributed by atoms with Gasteiger partial charge in [0.15, 0.2) is 0 Å². The standard InChI is InChI=1S/C25H23ClN2O4/c1-3-14-10-21-19(12-20(14)26)17(11-22(29)32-21)13-28-23(30)25(2,27-24(28)31)18-8-7-15-5-4-6-16(15)9-18/h7-12H,3-6,13H2,1-2H3,(H,27,31). The summed E-state index contributed by atoms with van der Waals surface area (Å²) in [4.78, 5) is 39.6. The third-order valence-electron chi connectivity index (χ3n) is 6.66. The van der Waals surface area contributed by atoms with E-state index < -0.39 is 17.2 Å². The Kier molecular flexibility index (Phi) is 4.86. The lowest BCUT2D eigenvalue weighted by atomic mass is 9.89. The molecule has 1 unspecified atom stereocenters. The monoisotopic (exact) mass is 450 g/mol. The molecule has 0 spiro atoms. The van der Waals surface area contributed by atoms with Crippen LogP contribution in [-0.4, -0.2) is 16.8 Å². The van der Waals surface area contributed by atoms with Gasteiger partial charge in [-0.3, -0.25) is 9.69 Å². The third-order valence-corrected chi connectivity index (χ3v) is 7.01. The van der Waals surface area contributed by atoms with Gasteiger partial charge < -0.3 is 9.73 Å². The zero-order chi connectivity index (χ0) is 22.6. The Morgan fingerprint density at radius 3 is 2.62 bits per heavy atom. The third kappa shape index (κ3) is 3.21. The van der Waals surface area contributed by atoms with Crippen LogP contribution in [0.2, 0.25) is 5.02 Å². The molecule has 2 aliphatic rings. The maximum Gasteiger partial charge on any atom is 0.336 e. The second kappa shape index (κ2) is 7.48. The van der Waals surface area contributed by atoms with E-state index in [0.717, 1.165) is 35.3 Å². The van der Waals surface area contributed by atoms with Crippen molar-refractivity contribution < 1.29 is 14.0 Å². The number of carbonyl (C=O) groups is 2. The molecule has 2 aromatic carbocycles. The van der Waals surface area contributed by atoms with Crippen molar-refractivity contribution in [3.8, 4) is 0 Å². The highest BCUT2D eigenvalue weighted by Crippen LogP contribution is 2.34. The number of nitrogens with zero attached hydrogens (tertiary/aromatic N) is 1. The van der Waals surface area contributed by atoms with E-state index in [-0.39, 0.29) is 12.5 Å². The molecular weight excluding hydrogens is 428 g/mol. The molecule has 1 fully saturated rings. The van der Waals surface area contributed by atoms with Gasteiger partial charge in [-0.1, -0.05) is 36.7 Å². The van der Waals surface area contributed by atoms with E-state index in [1.54, 1.807) is 19.1 Å². The van der Waals surface area contributed by atoms with E-state index in [9.17, 15) is 14.4 Å². The Morgan fingerprint density at radius 2 is 1.84 bits per heavy atom. The minimum absolute atomic E-state index is 0.0465. The summed E-state index contributed by atoms with van der Waals surface area (Å²) in [5.41, 5.74) is 3.38. The molecule has 5 rings (SSSR count). The van der Waals surface area contributed by atoms with E-state index in [0.29, 0.717) is 28.0 Å². The summed E-state index contributed by atoms with van der Waals surface area (Å²) < 4.78 is 5.35. The first-order valence-corrected chi connectivity index (χ1v) is 11.2. The number of imide groups is 1. The summed E-state index contributed by atoms with van der Waals surface area (Å²) in [6.45, 7) is 3.64. The molecule has 164 valence electrons. The van der Waals surface area contributed by atoms with Gasteiger partial charge >= 0.3 is 11.7 Å². The van der Waals surface area contributed by atoms with Gasteiger partial charge in [0.1, 0.15) is 11.1 Å². The number of urea groups is 1. The summed E-state index contributed by atoms with van der Waals surface area (Å²) in [6, 6.07) is 10.3. The van der Waals surface area contributed by atoms with Crippen molar-refractivity contribution in [3.05, 3.63) is 79.7 Å². The molecule has 1 aliphatic carbocycles. The molecule has 6 nitrogen and oxygen atoms in total. The molecule has 0 bridgehead atoms. The number of nitrogens with one attached hydrogen (secondary N) is 1. The highest BCUT2D eigenvalue weighted by molar-refractivity contribution is 6.32. The highest BCUT2D eigenvalue weighted by atomic mass is 35.5. The molecule has 0 saturated carbocycles. The molecule has 1 N–H and O–H groups in total. The van der Waals surface area contributed by atoms with Crippen molar-refractivity contribution in [1.29, 1.82) is 0 Å². The van der Waals surface area contributed by atoms with E-state index >= 15 is 0 Å². The van der Waals surface area contributed by atoms with Crippen LogP contribution in [0.4, 0.5) is 4.79 Å². The molecular formula is C25H23ClN2O4. The summed E-state index contributed by atoms with van der Waals surface area (Å²) in [5.74, 6) is -0.349. The molecule has 3 amide bonds. The number of fused-ring (bicyclic) bond motifs is 2. The second-order valence-electron chi connectivity index (χ2n) is 8.67. The van der Waals surface area contributed by atoms with Crippen LogP contribution in [0.15, 0.2) is 45.6 Å². The Hall–Kier alpha value is -3.12. The van der Waals surface area contributed by atoms with Gasteiger partial charge in [0, 0.05) is 16.5 Å². The maximum absolute atomic E-state index is 13.4. The SMILES string of the molecule is CCc1cc2oc(=O)cc(CN3C(=O)NC(C)(c4ccc5c(c4)CCC5)C3=O)c2cc1Cl. The fraction of sp³-hybridized carbons (Fsp3) is 0.320. The van der Waals surface area contributed by atoms with E-state index in [1.165, 1.54) is 17.2 Å². The molecule has 3 aromatic rings. The number of carbonyl (C=O) groups excluding carboxylic acids is 2. The van der Waals surface area contributed by atoms with Crippen LogP contribution in [0.5, 0.6) is 0 Å². The molecule has 0 radical (unpaired) electrons. The van der Waals surface area contributed by atoms with Gasteiger partial charge in [-0.05, 0) is 72.6 Å². The number of halogens is 1. The molecule has 2 heterocycles. The second-order valence-corrected chi connectivity index (χ2v) is 9.07. The highest BCUT2D eigenvalue weighted by Gasteiger charge is 2.49. The molecule has 7 heteroatoms. The van der Waals surface area contributed by atoms with Crippen molar-refractivity contribution in [2.45, 2.75) is 51.6 Å². The number of benzene rings is 2. The molecule has 1 aliphatic heterocycles. The Morgan fingerprint density at radius 1 is 1.06 bits per heavy atom. The van der Waals surface area contributed by atoms with Crippen LogP contribution < -0.4 is 10.9 Å². The van der Waals surface area contributed by atoms with Gasteiger partial charge in [-0.15, -0.1) is 0 Å². The molecule has 1 aromatic heterocycles. The number of rotatable bonds is 4. The number of aryl methyl sites for hydroxylation is 3. The summed E-state index contributed by atoms with van der Waals surface area (Å²) >= 11 is 6.38. The lowest BCUT2D eigenvalue weighted by molar-refractivity contribution is -0.131. The fourth-order valence-corrected chi connectivity index (χ4v) is 5.08.